The maximum absolute atomic E-state index is 12.2. The summed E-state index contributed by atoms with van der Waals surface area (Å²) in [5.41, 5.74) is 1.69. The summed E-state index contributed by atoms with van der Waals surface area (Å²) in [4.78, 5) is 12.2. The fourth-order valence-corrected chi connectivity index (χ4v) is 2.15. The molecule has 4 nitrogen and oxygen atoms in total. The standard InChI is InChI=1S/C19H23NO3/c1-4-22-17-11-9-16(10-12-17)19(21)20-15(3)13-23-18-8-6-5-7-14(18)2/h5-12,15H,4,13H2,1-3H3,(H,20,21)/t15-/m1/s1. The van der Waals surface area contributed by atoms with Crippen LogP contribution in [0.3, 0.4) is 0 Å². The first-order chi connectivity index (χ1) is 11.1. The van der Waals surface area contributed by atoms with Gasteiger partial charge in [-0.2, -0.15) is 0 Å². The van der Waals surface area contributed by atoms with Crippen molar-refractivity contribution in [2.45, 2.75) is 26.8 Å². The minimum absolute atomic E-state index is 0.0892. The lowest BCUT2D eigenvalue weighted by atomic mass is 10.2. The number of hydrogen-bond acceptors (Lipinski definition) is 3. The Morgan fingerprint density at radius 2 is 1.78 bits per heavy atom. The molecule has 122 valence electrons. The molecule has 0 aliphatic carbocycles. The molecule has 2 rings (SSSR count). The van der Waals surface area contributed by atoms with E-state index in [1.54, 1.807) is 24.3 Å². The van der Waals surface area contributed by atoms with Gasteiger partial charge >= 0.3 is 0 Å². The minimum atomic E-state index is -0.117. The van der Waals surface area contributed by atoms with Gasteiger partial charge < -0.3 is 14.8 Å². The van der Waals surface area contributed by atoms with E-state index in [0.29, 0.717) is 18.8 Å². The van der Waals surface area contributed by atoms with Gasteiger partial charge in [-0.3, -0.25) is 4.79 Å². The van der Waals surface area contributed by atoms with Gasteiger partial charge in [-0.1, -0.05) is 18.2 Å². The zero-order valence-electron chi connectivity index (χ0n) is 13.8. The summed E-state index contributed by atoms with van der Waals surface area (Å²) in [6.07, 6.45) is 0. The lowest BCUT2D eigenvalue weighted by Crippen LogP contribution is -2.36. The number of carbonyl (C=O) groups excluding carboxylic acids is 1. The van der Waals surface area contributed by atoms with Crippen molar-refractivity contribution >= 4 is 5.91 Å². The molecule has 0 unspecified atom stereocenters. The Kier molecular flexibility index (Phi) is 6.03. The Labute approximate surface area is 137 Å². The van der Waals surface area contributed by atoms with Crippen molar-refractivity contribution in [3.8, 4) is 11.5 Å². The Morgan fingerprint density at radius 3 is 2.43 bits per heavy atom. The van der Waals surface area contributed by atoms with Crippen molar-refractivity contribution in [1.29, 1.82) is 0 Å². The van der Waals surface area contributed by atoms with Crippen LogP contribution < -0.4 is 14.8 Å². The van der Waals surface area contributed by atoms with Crippen molar-refractivity contribution in [3.05, 3.63) is 59.7 Å². The molecule has 0 spiro atoms. The topological polar surface area (TPSA) is 47.6 Å². The van der Waals surface area contributed by atoms with Crippen molar-refractivity contribution in [2.24, 2.45) is 0 Å². The Morgan fingerprint density at radius 1 is 1.09 bits per heavy atom. The smallest absolute Gasteiger partial charge is 0.251 e. The lowest BCUT2D eigenvalue weighted by molar-refractivity contribution is 0.0926. The van der Waals surface area contributed by atoms with Crippen molar-refractivity contribution in [1.82, 2.24) is 5.32 Å². The number of ether oxygens (including phenoxy) is 2. The van der Waals surface area contributed by atoms with E-state index in [9.17, 15) is 4.79 Å². The van der Waals surface area contributed by atoms with E-state index in [1.807, 2.05) is 45.0 Å². The summed E-state index contributed by atoms with van der Waals surface area (Å²) in [6, 6.07) is 14.9. The predicted molar refractivity (Wildman–Crippen MR) is 91.2 cm³/mol. The molecule has 0 aliphatic heterocycles. The van der Waals surface area contributed by atoms with Gasteiger partial charge in [-0.05, 0) is 56.7 Å². The molecule has 0 saturated carbocycles. The molecule has 4 heteroatoms. The molecule has 23 heavy (non-hydrogen) atoms. The zero-order chi connectivity index (χ0) is 16.7. The van der Waals surface area contributed by atoms with E-state index in [4.69, 9.17) is 9.47 Å². The van der Waals surface area contributed by atoms with Crippen molar-refractivity contribution in [2.75, 3.05) is 13.2 Å². The van der Waals surface area contributed by atoms with Crippen LogP contribution in [-0.2, 0) is 0 Å². The summed E-state index contributed by atoms with van der Waals surface area (Å²) >= 11 is 0. The normalized spacial score (nSPS) is 11.6. The molecule has 2 aromatic rings. The van der Waals surface area contributed by atoms with Gasteiger partial charge in [0.05, 0.1) is 12.6 Å². The van der Waals surface area contributed by atoms with Crippen LogP contribution in [0.2, 0.25) is 0 Å². The molecule has 0 saturated heterocycles. The molecule has 1 N–H and O–H groups in total. The van der Waals surface area contributed by atoms with Gasteiger partial charge in [-0.15, -0.1) is 0 Å². The monoisotopic (exact) mass is 313 g/mol. The second kappa shape index (κ2) is 8.22. The quantitative estimate of drug-likeness (QED) is 0.850. The molecule has 0 radical (unpaired) electrons. The molecule has 0 heterocycles. The van der Waals surface area contributed by atoms with E-state index >= 15 is 0 Å². The van der Waals surface area contributed by atoms with Gasteiger partial charge in [0.25, 0.3) is 5.91 Å². The molecule has 1 atom stereocenters. The molecular weight excluding hydrogens is 290 g/mol. The molecule has 0 bridgehead atoms. The van der Waals surface area contributed by atoms with Crippen molar-refractivity contribution in [3.63, 3.8) is 0 Å². The highest BCUT2D eigenvalue weighted by Crippen LogP contribution is 2.16. The van der Waals surface area contributed by atoms with Crippen LogP contribution in [0.1, 0.15) is 29.8 Å². The number of rotatable bonds is 7. The van der Waals surface area contributed by atoms with Gasteiger partial charge in [0, 0.05) is 5.56 Å². The molecule has 0 fully saturated rings. The van der Waals surface area contributed by atoms with Crippen molar-refractivity contribution < 1.29 is 14.3 Å². The summed E-state index contributed by atoms with van der Waals surface area (Å²) in [5.74, 6) is 1.49. The number of hydrogen-bond donors (Lipinski definition) is 1. The number of carbonyl (C=O) groups is 1. The number of benzene rings is 2. The first-order valence-electron chi connectivity index (χ1n) is 7.82. The van der Waals surface area contributed by atoms with Crippen LogP contribution in [0.25, 0.3) is 0 Å². The summed E-state index contributed by atoms with van der Waals surface area (Å²) in [5, 5.41) is 2.93. The highest BCUT2D eigenvalue weighted by Gasteiger charge is 2.11. The van der Waals surface area contributed by atoms with Crippen LogP contribution in [0.5, 0.6) is 11.5 Å². The van der Waals surface area contributed by atoms with Crippen LogP contribution in [0.4, 0.5) is 0 Å². The summed E-state index contributed by atoms with van der Waals surface area (Å²) in [7, 11) is 0. The third-order valence-corrected chi connectivity index (χ3v) is 3.39. The summed E-state index contributed by atoms with van der Waals surface area (Å²) in [6.45, 7) is 6.88. The van der Waals surface area contributed by atoms with Crippen LogP contribution in [0, 0.1) is 6.92 Å². The number of aryl methyl sites for hydroxylation is 1. The Hall–Kier alpha value is -2.49. The lowest BCUT2D eigenvalue weighted by Gasteiger charge is -2.16. The maximum Gasteiger partial charge on any atom is 0.251 e. The van der Waals surface area contributed by atoms with Gasteiger partial charge in [-0.25, -0.2) is 0 Å². The van der Waals surface area contributed by atoms with E-state index in [0.717, 1.165) is 17.1 Å². The second-order valence-corrected chi connectivity index (χ2v) is 5.41. The SMILES string of the molecule is CCOc1ccc(C(=O)N[C@H](C)COc2ccccc2C)cc1. The van der Waals surface area contributed by atoms with E-state index in [1.165, 1.54) is 0 Å². The fraction of sp³-hybridized carbons (Fsp3) is 0.316. The molecule has 2 aromatic carbocycles. The molecule has 1 amide bonds. The summed E-state index contributed by atoms with van der Waals surface area (Å²) < 4.78 is 11.1. The van der Waals surface area contributed by atoms with E-state index in [2.05, 4.69) is 5.32 Å². The predicted octanol–water partition coefficient (Wildman–Crippen LogP) is 3.59. The zero-order valence-corrected chi connectivity index (χ0v) is 13.8. The molecule has 0 aromatic heterocycles. The van der Waals surface area contributed by atoms with E-state index in [-0.39, 0.29) is 11.9 Å². The first-order valence-corrected chi connectivity index (χ1v) is 7.82. The fourth-order valence-electron chi connectivity index (χ4n) is 2.15. The van der Waals surface area contributed by atoms with Crippen LogP contribution in [0.15, 0.2) is 48.5 Å². The van der Waals surface area contributed by atoms with E-state index < -0.39 is 0 Å². The third kappa shape index (κ3) is 5.02. The number of para-hydroxylation sites is 1. The minimum Gasteiger partial charge on any atom is -0.494 e. The highest BCUT2D eigenvalue weighted by molar-refractivity contribution is 5.94. The van der Waals surface area contributed by atoms with Gasteiger partial charge in [0.2, 0.25) is 0 Å². The first kappa shape index (κ1) is 16.9. The van der Waals surface area contributed by atoms with Crippen LogP contribution >= 0.6 is 0 Å². The second-order valence-electron chi connectivity index (χ2n) is 5.41. The van der Waals surface area contributed by atoms with Crippen LogP contribution in [-0.4, -0.2) is 25.2 Å². The third-order valence-electron chi connectivity index (χ3n) is 3.39. The van der Waals surface area contributed by atoms with Gasteiger partial charge in [0.1, 0.15) is 18.1 Å². The molecule has 0 aliphatic rings. The molecular formula is C19H23NO3. The average Bonchev–Trinajstić information content (AvgIpc) is 2.55. The highest BCUT2D eigenvalue weighted by atomic mass is 16.5. The number of nitrogens with one attached hydrogen (secondary N) is 1. The van der Waals surface area contributed by atoms with Gasteiger partial charge in [0.15, 0.2) is 0 Å². The maximum atomic E-state index is 12.2. The number of amides is 1. The average molecular weight is 313 g/mol. The Balaban J connectivity index is 1.85. The Bertz CT molecular complexity index is 637. The largest absolute Gasteiger partial charge is 0.494 e.